The molecule has 1 aliphatic heterocycles. The molecule has 3 nitrogen and oxygen atoms in total. The van der Waals surface area contributed by atoms with Crippen molar-refractivity contribution in [1.82, 2.24) is 9.88 Å². The Balaban J connectivity index is 1.37. The summed E-state index contributed by atoms with van der Waals surface area (Å²) in [6, 6.07) is 23.5. The van der Waals surface area contributed by atoms with Crippen molar-refractivity contribution >= 4 is 16.6 Å². The summed E-state index contributed by atoms with van der Waals surface area (Å²) in [4.78, 5) is 9.92. The van der Waals surface area contributed by atoms with Gasteiger partial charge in [-0.25, -0.2) is 0 Å². The van der Waals surface area contributed by atoms with Gasteiger partial charge in [-0.3, -0.25) is 9.88 Å². The number of anilines is 1. The number of hydrogen-bond acceptors (Lipinski definition) is 3. The van der Waals surface area contributed by atoms with Crippen molar-refractivity contribution in [2.45, 2.75) is 12.8 Å². The average Bonchev–Trinajstić information content (AvgIpc) is 2.69. The van der Waals surface area contributed by atoms with Crippen LogP contribution >= 0.6 is 0 Å². The minimum Gasteiger partial charge on any atom is -0.369 e. The summed E-state index contributed by atoms with van der Waals surface area (Å²) in [5, 5.41) is 1.22. The van der Waals surface area contributed by atoms with Crippen LogP contribution in [-0.4, -0.2) is 42.6 Å². The first-order valence-corrected chi connectivity index (χ1v) is 9.17. The van der Waals surface area contributed by atoms with Crippen LogP contribution in [0.5, 0.6) is 0 Å². The normalized spacial score (nSPS) is 16.9. The predicted octanol–water partition coefficient (Wildman–Crippen LogP) is 4.16. The quantitative estimate of drug-likeness (QED) is 0.715. The highest BCUT2D eigenvalue weighted by Gasteiger charge is 2.19. The van der Waals surface area contributed by atoms with Gasteiger partial charge in [0.15, 0.2) is 0 Å². The summed E-state index contributed by atoms with van der Waals surface area (Å²) in [6.07, 6.45) is 0. The van der Waals surface area contributed by atoms with Gasteiger partial charge in [0.25, 0.3) is 0 Å². The SMILES string of the molecule is C[C@@H](CN1CCN(c2ccccc2)CC1)c1ccc2ccccc2n1. The number of para-hydroxylation sites is 2. The van der Waals surface area contributed by atoms with Crippen LogP contribution in [0, 0.1) is 0 Å². The van der Waals surface area contributed by atoms with E-state index in [9.17, 15) is 0 Å². The van der Waals surface area contributed by atoms with Crippen molar-refractivity contribution in [3.8, 4) is 0 Å². The molecule has 3 aromatic rings. The molecule has 2 heterocycles. The molecule has 0 aliphatic carbocycles. The molecule has 1 fully saturated rings. The maximum absolute atomic E-state index is 4.87. The van der Waals surface area contributed by atoms with Crippen LogP contribution in [0.15, 0.2) is 66.7 Å². The first kappa shape index (κ1) is 16.1. The van der Waals surface area contributed by atoms with E-state index >= 15 is 0 Å². The number of aromatic nitrogens is 1. The zero-order valence-corrected chi connectivity index (χ0v) is 14.8. The van der Waals surface area contributed by atoms with Gasteiger partial charge in [-0.2, -0.15) is 0 Å². The van der Waals surface area contributed by atoms with Gasteiger partial charge in [0, 0.05) is 55.4 Å². The van der Waals surface area contributed by atoms with Gasteiger partial charge >= 0.3 is 0 Å². The maximum Gasteiger partial charge on any atom is 0.0705 e. The fraction of sp³-hybridized carbons (Fsp3) is 0.318. The Morgan fingerprint density at radius 1 is 0.840 bits per heavy atom. The fourth-order valence-electron chi connectivity index (χ4n) is 3.66. The van der Waals surface area contributed by atoms with E-state index in [0.717, 1.165) is 38.2 Å². The minimum absolute atomic E-state index is 0.452. The molecule has 0 N–H and O–H groups in total. The van der Waals surface area contributed by atoms with Crippen LogP contribution in [-0.2, 0) is 0 Å². The van der Waals surface area contributed by atoms with Crippen molar-refractivity contribution in [2.24, 2.45) is 0 Å². The van der Waals surface area contributed by atoms with Crippen LogP contribution < -0.4 is 4.90 Å². The number of piperazine rings is 1. The molecular weight excluding hydrogens is 306 g/mol. The van der Waals surface area contributed by atoms with E-state index in [1.165, 1.54) is 16.8 Å². The number of rotatable bonds is 4. The molecule has 1 aromatic heterocycles. The zero-order valence-electron chi connectivity index (χ0n) is 14.8. The van der Waals surface area contributed by atoms with E-state index < -0.39 is 0 Å². The fourth-order valence-corrected chi connectivity index (χ4v) is 3.66. The molecule has 1 aliphatic rings. The maximum atomic E-state index is 4.87. The van der Waals surface area contributed by atoms with Gasteiger partial charge in [-0.15, -0.1) is 0 Å². The number of fused-ring (bicyclic) bond motifs is 1. The molecule has 1 saturated heterocycles. The smallest absolute Gasteiger partial charge is 0.0705 e. The number of hydrogen-bond donors (Lipinski definition) is 0. The highest BCUT2D eigenvalue weighted by Crippen LogP contribution is 2.21. The topological polar surface area (TPSA) is 19.4 Å². The number of nitrogens with zero attached hydrogens (tertiary/aromatic N) is 3. The molecule has 4 rings (SSSR count). The van der Waals surface area contributed by atoms with Gasteiger partial charge in [0.2, 0.25) is 0 Å². The lowest BCUT2D eigenvalue weighted by molar-refractivity contribution is 0.245. The average molecular weight is 331 g/mol. The summed E-state index contributed by atoms with van der Waals surface area (Å²) in [7, 11) is 0. The van der Waals surface area contributed by atoms with E-state index in [2.05, 4.69) is 83.5 Å². The summed E-state index contributed by atoms with van der Waals surface area (Å²) in [5.41, 5.74) is 3.64. The van der Waals surface area contributed by atoms with Crippen molar-refractivity contribution in [1.29, 1.82) is 0 Å². The summed E-state index contributed by atoms with van der Waals surface area (Å²) < 4.78 is 0. The molecule has 25 heavy (non-hydrogen) atoms. The second kappa shape index (κ2) is 7.24. The molecule has 1 atom stereocenters. The Kier molecular flexibility index (Phi) is 4.66. The molecule has 0 spiro atoms. The van der Waals surface area contributed by atoms with Crippen molar-refractivity contribution in [3.05, 3.63) is 72.4 Å². The molecule has 0 unspecified atom stereocenters. The van der Waals surface area contributed by atoms with Crippen LogP contribution in [0.1, 0.15) is 18.5 Å². The Morgan fingerprint density at radius 3 is 2.36 bits per heavy atom. The van der Waals surface area contributed by atoms with Crippen LogP contribution in [0.3, 0.4) is 0 Å². The Morgan fingerprint density at radius 2 is 1.56 bits per heavy atom. The molecule has 0 saturated carbocycles. The summed E-state index contributed by atoms with van der Waals surface area (Å²) >= 11 is 0. The van der Waals surface area contributed by atoms with Gasteiger partial charge in [0.1, 0.15) is 0 Å². The minimum atomic E-state index is 0.452. The van der Waals surface area contributed by atoms with Crippen molar-refractivity contribution < 1.29 is 0 Å². The first-order valence-electron chi connectivity index (χ1n) is 9.17. The van der Waals surface area contributed by atoms with E-state index in [0.29, 0.717) is 5.92 Å². The van der Waals surface area contributed by atoms with E-state index in [-0.39, 0.29) is 0 Å². The lowest BCUT2D eigenvalue weighted by atomic mass is 10.0. The third-order valence-electron chi connectivity index (χ3n) is 5.15. The molecule has 0 amide bonds. The molecule has 2 aromatic carbocycles. The summed E-state index contributed by atoms with van der Waals surface area (Å²) in [5.74, 6) is 0.452. The predicted molar refractivity (Wildman–Crippen MR) is 105 cm³/mol. The second-order valence-corrected chi connectivity index (χ2v) is 6.95. The van der Waals surface area contributed by atoms with Crippen LogP contribution in [0.2, 0.25) is 0 Å². The van der Waals surface area contributed by atoms with E-state index in [1.54, 1.807) is 0 Å². The lowest BCUT2D eigenvalue weighted by Crippen LogP contribution is -2.47. The van der Waals surface area contributed by atoms with Gasteiger partial charge in [0.05, 0.1) is 5.52 Å². The third kappa shape index (κ3) is 3.67. The largest absolute Gasteiger partial charge is 0.369 e. The highest BCUT2D eigenvalue weighted by atomic mass is 15.3. The number of benzene rings is 2. The Hall–Kier alpha value is -2.39. The Bertz CT molecular complexity index is 823. The van der Waals surface area contributed by atoms with Crippen molar-refractivity contribution in [3.63, 3.8) is 0 Å². The van der Waals surface area contributed by atoms with Gasteiger partial charge in [-0.1, -0.05) is 49.4 Å². The van der Waals surface area contributed by atoms with E-state index in [4.69, 9.17) is 4.98 Å². The van der Waals surface area contributed by atoms with Crippen molar-refractivity contribution in [2.75, 3.05) is 37.6 Å². The third-order valence-corrected chi connectivity index (χ3v) is 5.15. The van der Waals surface area contributed by atoms with E-state index in [1.807, 2.05) is 0 Å². The number of pyridine rings is 1. The van der Waals surface area contributed by atoms with Crippen LogP contribution in [0.4, 0.5) is 5.69 Å². The zero-order chi connectivity index (χ0) is 17.1. The van der Waals surface area contributed by atoms with Gasteiger partial charge in [-0.05, 0) is 24.3 Å². The first-order chi connectivity index (χ1) is 12.3. The molecule has 0 bridgehead atoms. The molecule has 3 heteroatoms. The summed E-state index contributed by atoms with van der Waals surface area (Å²) in [6.45, 7) is 7.80. The highest BCUT2D eigenvalue weighted by molar-refractivity contribution is 5.78. The second-order valence-electron chi connectivity index (χ2n) is 6.95. The molecule has 128 valence electrons. The molecule has 0 radical (unpaired) electrons. The van der Waals surface area contributed by atoms with Gasteiger partial charge < -0.3 is 4.90 Å². The molecular formula is C22H25N3. The standard InChI is InChI=1S/C22H25N3/c1-18(21-12-11-19-7-5-6-10-22(19)23-21)17-24-13-15-25(16-14-24)20-8-3-2-4-9-20/h2-12,18H,13-17H2,1H3/t18-/m0/s1. The lowest BCUT2D eigenvalue weighted by Gasteiger charge is -2.37. The Labute approximate surface area is 149 Å². The van der Waals surface area contributed by atoms with Crippen LogP contribution in [0.25, 0.3) is 10.9 Å². The monoisotopic (exact) mass is 331 g/mol.